The van der Waals surface area contributed by atoms with Crippen molar-refractivity contribution in [1.82, 2.24) is 4.98 Å². The second-order valence-corrected chi connectivity index (χ2v) is 8.13. The molecule has 0 amide bonds. The minimum absolute atomic E-state index is 0.0679. The Balaban J connectivity index is 2.47. The summed E-state index contributed by atoms with van der Waals surface area (Å²) in [5.74, 6) is -0.869. The zero-order valence-electron chi connectivity index (χ0n) is 18.3. The standard InChI is InChI=1S/C25H28BNO2/c1-14-11-15(2)23(16(3)12-14)26(21-9-8-10-27-13-21)24-19(6)17(4)18(5)22(20(24)7)25(28)29/h8-13H,1-7H3,(H,28,29). The van der Waals surface area contributed by atoms with Crippen molar-refractivity contribution in [3.8, 4) is 0 Å². The van der Waals surface area contributed by atoms with E-state index in [9.17, 15) is 9.90 Å². The molecule has 0 aliphatic rings. The maximum atomic E-state index is 12.1. The van der Waals surface area contributed by atoms with Crippen LogP contribution in [0.25, 0.3) is 0 Å². The second-order valence-electron chi connectivity index (χ2n) is 8.13. The normalized spacial score (nSPS) is 10.9. The largest absolute Gasteiger partial charge is 0.478 e. The third-order valence-electron chi connectivity index (χ3n) is 6.23. The van der Waals surface area contributed by atoms with E-state index in [2.05, 4.69) is 50.9 Å². The number of aromatic carboxylic acids is 1. The Morgan fingerprint density at radius 3 is 2.00 bits per heavy atom. The van der Waals surface area contributed by atoms with E-state index in [1.807, 2.05) is 33.0 Å². The summed E-state index contributed by atoms with van der Waals surface area (Å²) in [6, 6.07) is 8.45. The van der Waals surface area contributed by atoms with Crippen LogP contribution in [-0.4, -0.2) is 22.8 Å². The predicted molar refractivity (Wildman–Crippen MR) is 122 cm³/mol. The molecule has 1 N–H and O–H groups in total. The van der Waals surface area contributed by atoms with Crippen molar-refractivity contribution in [2.24, 2.45) is 0 Å². The Labute approximate surface area is 173 Å². The van der Waals surface area contributed by atoms with Gasteiger partial charge in [-0.1, -0.05) is 56.8 Å². The predicted octanol–water partition coefficient (Wildman–Crippen LogP) is 3.45. The number of carboxylic acid groups (broad SMARTS) is 1. The molecule has 2 aromatic carbocycles. The molecule has 0 atom stereocenters. The highest BCUT2D eigenvalue weighted by Crippen LogP contribution is 2.22. The van der Waals surface area contributed by atoms with Crippen LogP contribution in [0.3, 0.4) is 0 Å². The minimum atomic E-state index is -0.869. The fourth-order valence-electron chi connectivity index (χ4n) is 4.79. The SMILES string of the molecule is Cc1cc(C)c(B(c2cccnc2)c2c(C)c(C)c(C)c(C(=O)O)c2C)c(C)c1. The number of nitrogens with zero attached hydrogens (tertiary/aromatic N) is 1. The van der Waals surface area contributed by atoms with Gasteiger partial charge in [-0.3, -0.25) is 4.98 Å². The van der Waals surface area contributed by atoms with E-state index in [0.29, 0.717) is 5.56 Å². The van der Waals surface area contributed by atoms with E-state index in [1.165, 1.54) is 22.2 Å². The molecule has 0 aliphatic heterocycles. The fourth-order valence-corrected chi connectivity index (χ4v) is 4.79. The van der Waals surface area contributed by atoms with Gasteiger partial charge in [-0.25, -0.2) is 4.79 Å². The first-order chi connectivity index (χ1) is 13.6. The van der Waals surface area contributed by atoms with Crippen LogP contribution in [-0.2, 0) is 0 Å². The van der Waals surface area contributed by atoms with Crippen LogP contribution >= 0.6 is 0 Å². The van der Waals surface area contributed by atoms with Crippen LogP contribution < -0.4 is 16.4 Å². The Bertz CT molecular complexity index is 1080. The van der Waals surface area contributed by atoms with E-state index in [0.717, 1.165) is 33.2 Å². The quantitative estimate of drug-likeness (QED) is 0.700. The summed E-state index contributed by atoms with van der Waals surface area (Å²) in [4.78, 5) is 16.5. The van der Waals surface area contributed by atoms with Gasteiger partial charge in [0.2, 0.25) is 6.71 Å². The van der Waals surface area contributed by atoms with Crippen molar-refractivity contribution in [3.63, 3.8) is 0 Å². The van der Waals surface area contributed by atoms with Gasteiger partial charge in [0, 0.05) is 12.4 Å². The smallest absolute Gasteiger partial charge is 0.336 e. The van der Waals surface area contributed by atoms with E-state index in [4.69, 9.17) is 0 Å². The minimum Gasteiger partial charge on any atom is -0.478 e. The lowest BCUT2D eigenvalue weighted by Crippen LogP contribution is -2.56. The highest BCUT2D eigenvalue weighted by Gasteiger charge is 2.31. The molecule has 3 nitrogen and oxygen atoms in total. The van der Waals surface area contributed by atoms with Gasteiger partial charge in [0.05, 0.1) is 5.56 Å². The number of carbonyl (C=O) groups is 1. The van der Waals surface area contributed by atoms with Crippen LogP contribution in [0.4, 0.5) is 0 Å². The summed E-state index contributed by atoms with van der Waals surface area (Å²) in [5.41, 5.74) is 11.3. The molecule has 0 spiro atoms. The van der Waals surface area contributed by atoms with Gasteiger partial charge in [0.25, 0.3) is 0 Å². The van der Waals surface area contributed by atoms with Crippen molar-refractivity contribution >= 4 is 29.1 Å². The Morgan fingerprint density at radius 1 is 0.862 bits per heavy atom. The first-order valence-corrected chi connectivity index (χ1v) is 9.96. The average Bonchev–Trinajstić information content (AvgIpc) is 2.65. The molecule has 29 heavy (non-hydrogen) atoms. The molecule has 0 radical (unpaired) electrons. The Kier molecular flexibility index (Phi) is 5.65. The van der Waals surface area contributed by atoms with Crippen molar-refractivity contribution in [3.05, 3.63) is 81.2 Å². The number of hydrogen-bond acceptors (Lipinski definition) is 2. The van der Waals surface area contributed by atoms with Crippen LogP contribution in [0, 0.1) is 48.5 Å². The number of pyridine rings is 1. The van der Waals surface area contributed by atoms with Crippen LogP contribution in [0.5, 0.6) is 0 Å². The second kappa shape index (κ2) is 7.86. The van der Waals surface area contributed by atoms with Crippen molar-refractivity contribution in [1.29, 1.82) is 0 Å². The van der Waals surface area contributed by atoms with Gasteiger partial charge < -0.3 is 5.11 Å². The van der Waals surface area contributed by atoms with Crippen LogP contribution in [0.15, 0.2) is 36.7 Å². The van der Waals surface area contributed by atoms with Gasteiger partial charge in [-0.15, -0.1) is 0 Å². The number of benzene rings is 2. The van der Waals surface area contributed by atoms with Gasteiger partial charge in [-0.05, 0) is 71.2 Å². The molecule has 3 aromatic rings. The first-order valence-electron chi connectivity index (χ1n) is 9.96. The third-order valence-corrected chi connectivity index (χ3v) is 6.23. The molecule has 1 aromatic heterocycles. The third kappa shape index (κ3) is 3.60. The number of carboxylic acids is 1. The lowest BCUT2D eigenvalue weighted by Gasteiger charge is -2.26. The highest BCUT2D eigenvalue weighted by molar-refractivity contribution is 6.96. The summed E-state index contributed by atoms with van der Waals surface area (Å²) >= 11 is 0. The summed E-state index contributed by atoms with van der Waals surface area (Å²) < 4.78 is 0. The van der Waals surface area contributed by atoms with E-state index < -0.39 is 5.97 Å². The molecule has 4 heteroatoms. The van der Waals surface area contributed by atoms with Gasteiger partial charge in [-0.2, -0.15) is 0 Å². The summed E-state index contributed by atoms with van der Waals surface area (Å²) in [6.45, 7) is 14.3. The number of rotatable bonds is 4. The van der Waals surface area contributed by atoms with E-state index >= 15 is 0 Å². The molecule has 3 rings (SSSR count). The van der Waals surface area contributed by atoms with Crippen molar-refractivity contribution < 1.29 is 9.90 Å². The summed E-state index contributed by atoms with van der Waals surface area (Å²) in [5, 5.41) is 9.94. The molecule has 1 heterocycles. The summed E-state index contributed by atoms with van der Waals surface area (Å²) in [6.07, 6.45) is 3.68. The van der Waals surface area contributed by atoms with Crippen molar-refractivity contribution in [2.75, 3.05) is 0 Å². The Hall–Kier alpha value is -2.88. The maximum Gasteiger partial charge on any atom is 0.336 e. The zero-order valence-corrected chi connectivity index (χ0v) is 18.3. The topological polar surface area (TPSA) is 50.2 Å². The Morgan fingerprint density at radius 2 is 1.48 bits per heavy atom. The van der Waals surface area contributed by atoms with Gasteiger partial charge in [0.15, 0.2) is 0 Å². The zero-order chi connectivity index (χ0) is 21.5. The number of aryl methyl sites for hydroxylation is 3. The lowest BCUT2D eigenvalue weighted by molar-refractivity contribution is 0.0695. The monoisotopic (exact) mass is 385 g/mol. The molecular formula is C25H28BNO2. The van der Waals surface area contributed by atoms with Gasteiger partial charge >= 0.3 is 5.97 Å². The van der Waals surface area contributed by atoms with Gasteiger partial charge in [0.1, 0.15) is 0 Å². The van der Waals surface area contributed by atoms with E-state index in [-0.39, 0.29) is 6.71 Å². The lowest BCUT2D eigenvalue weighted by atomic mass is 9.34. The highest BCUT2D eigenvalue weighted by atomic mass is 16.4. The fraction of sp³-hybridized carbons (Fsp3) is 0.280. The van der Waals surface area contributed by atoms with Crippen molar-refractivity contribution in [2.45, 2.75) is 48.5 Å². The number of hydrogen-bond donors (Lipinski definition) is 1. The first kappa shape index (κ1) is 20.8. The maximum absolute atomic E-state index is 12.1. The molecule has 0 aliphatic carbocycles. The van der Waals surface area contributed by atoms with E-state index in [1.54, 1.807) is 6.20 Å². The molecule has 148 valence electrons. The average molecular weight is 385 g/mol. The van der Waals surface area contributed by atoms with Crippen LogP contribution in [0.1, 0.15) is 49.3 Å². The van der Waals surface area contributed by atoms with Crippen LogP contribution in [0.2, 0.25) is 0 Å². The molecule has 0 saturated carbocycles. The number of aromatic nitrogens is 1. The molecular weight excluding hydrogens is 357 g/mol. The molecule has 0 saturated heterocycles. The molecule has 0 fully saturated rings. The molecule has 0 unspecified atom stereocenters. The molecule has 0 bridgehead atoms. The summed E-state index contributed by atoms with van der Waals surface area (Å²) in [7, 11) is 0.